The lowest BCUT2D eigenvalue weighted by Gasteiger charge is -2.35. The topological polar surface area (TPSA) is 15.3 Å². The fourth-order valence-electron chi connectivity index (χ4n) is 3.25. The summed E-state index contributed by atoms with van der Waals surface area (Å²) in [4.78, 5) is 2.53. The van der Waals surface area contributed by atoms with Crippen molar-refractivity contribution < 1.29 is 0 Å². The van der Waals surface area contributed by atoms with E-state index >= 15 is 0 Å². The molecule has 0 saturated carbocycles. The molecule has 1 aromatic rings. The van der Waals surface area contributed by atoms with Crippen molar-refractivity contribution in [1.29, 1.82) is 0 Å². The van der Waals surface area contributed by atoms with E-state index < -0.39 is 0 Å². The zero-order valence-corrected chi connectivity index (χ0v) is 14.3. The largest absolute Gasteiger partial charge is 0.371 e. The van der Waals surface area contributed by atoms with Gasteiger partial charge < -0.3 is 10.2 Å². The maximum atomic E-state index is 6.23. The van der Waals surface area contributed by atoms with E-state index in [4.69, 9.17) is 11.6 Å². The van der Waals surface area contributed by atoms with Gasteiger partial charge in [0.15, 0.2) is 0 Å². The summed E-state index contributed by atoms with van der Waals surface area (Å²) in [6, 6.07) is 6.33. The highest BCUT2D eigenvalue weighted by molar-refractivity contribution is 6.30. The van der Waals surface area contributed by atoms with E-state index in [-0.39, 0.29) is 0 Å². The summed E-state index contributed by atoms with van der Waals surface area (Å²) in [5.74, 6) is 0.923. The Morgan fingerprint density at radius 3 is 2.62 bits per heavy atom. The summed E-state index contributed by atoms with van der Waals surface area (Å²) < 4.78 is 0. The first kappa shape index (κ1) is 16.6. The van der Waals surface area contributed by atoms with Gasteiger partial charge in [0.05, 0.1) is 0 Å². The Morgan fingerprint density at radius 2 is 1.95 bits per heavy atom. The molecule has 118 valence electrons. The molecule has 1 N–H and O–H groups in total. The average molecular weight is 309 g/mol. The first-order chi connectivity index (χ1) is 10.2. The molecule has 0 unspecified atom stereocenters. The number of nitrogens with zero attached hydrogens (tertiary/aromatic N) is 1. The summed E-state index contributed by atoms with van der Waals surface area (Å²) >= 11 is 6.23. The molecule has 0 aromatic heterocycles. The average Bonchev–Trinajstić information content (AvgIpc) is 2.50. The van der Waals surface area contributed by atoms with E-state index in [9.17, 15) is 0 Å². The number of piperidine rings is 1. The van der Waals surface area contributed by atoms with Crippen LogP contribution in [0.3, 0.4) is 0 Å². The van der Waals surface area contributed by atoms with E-state index in [2.05, 4.69) is 36.2 Å². The van der Waals surface area contributed by atoms with Crippen molar-refractivity contribution in [3.63, 3.8) is 0 Å². The number of benzene rings is 1. The van der Waals surface area contributed by atoms with E-state index in [1.807, 2.05) is 6.07 Å². The standard InChI is InChI=1S/C18H29ClN2/c1-3-5-15-8-11-21(12-9-15)18-13-17(19)7-6-16(18)14-20-10-4-2/h6-7,13,15,20H,3-5,8-12,14H2,1-2H3. The minimum Gasteiger partial charge on any atom is -0.371 e. The molecule has 1 aliphatic rings. The van der Waals surface area contributed by atoms with E-state index in [1.54, 1.807) is 0 Å². The molecule has 21 heavy (non-hydrogen) atoms. The predicted molar refractivity (Wildman–Crippen MR) is 93.3 cm³/mol. The van der Waals surface area contributed by atoms with Crippen LogP contribution >= 0.6 is 11.6 Å². The van der Waals surface area contributed by atoms with Gasteiger partial charge in [0.25, 0.3) is 0 Å². The van der Waals surface area contributed by atoms with Crippen LogP contribution in [0.15, 0.2) is 18.2 Å². The number of anilines is 1. The Labute approximate surface area is 134 Å². The first-order valence-electron chi connectivity index (χ1n) is 8.48. The van der Waals surface area contributed by atoms with Gasteiger partial charge >= 0.3 is 0 Å². The van der Waals surface area contributed by atoms with Crippen molar-refractivity contribution in [3.05, 3.63) is 28.8 Å². The lowest BCUT2D eigenvalue weighted by molar-refractivity contribution is 0.378. The summed E-state index contributed by atoms with van der Waals surface area (Å²) in [6.45, 7) is 8.85. The molecule has 2 rings (SSSR count). The second-order valence-corrected chi connectivity index (χ2v) is 6.61. The van der Waals surface area contributed by atoms with Crippen molar-refractivity contribution in [1.82, 2.24) is 5.32 Å². The second kappa shape index (κ2) is 8.65. The Balaban J connectivity index is 2.02. The molecule has 1 heterocycles. The van der Waals surface area contributed by atoms with Crippen LogP contribution in [0.2, 0.25) is 5.02 Å². The van der Waals surface area contributed by atoms with Gasteiger partial charge in [-0.05, 0) is 49.4 Å². The van der Waals surface area contributed by atoms with Gasteiger partial charge in [0.1, 0.15) is 0 Å². The Hall–Kier alpha value is -0.730. The molecule has 1 aliphatic heterocycles. The molecule has 0 atom stereocenters. The maximum absolute atomic E-state index is 6.23. The zero-order valence-electron chi connectivity index (χ0n) is 13.5. The molecule has 0 bridgehead atoms. The molecule has 0 spiro atoms. The number of hydrogen-bond acceptors (Lipinski definition) is 2. The zero-order chi connectivity index (χ0) is 15.1. The molecule has 1 aromatic carbocycles. The molecule has 3 heteroatoms. The minimum atomic E-state index is 0.847. The normalized spacial score (nSPS) is 16.4. The predicted octanol–water partition coefficient (Wildman–Crippen LogP) is 4.86. The van der Waals surface area contributed by atoms with Gasteiger partial charge in [-0.25, -0.2) is 0 Å². The van der Waals surface area contributed by atoms with Gasteiger partial charge in [-0.15, -0.1) is 0 Å². The summed E-state index contributed by atoms with van der Waals surface area (Å²) in [6.07, 6.45) is 6.51. The van der Waals surface area contributed by atoms with Gasteiger partial charge in [0.2, 0.25) is 0 Å². The van der Waals surface area contributed by atoms with Crippen LogP contribution in [0.5, 0.6) is 0 Å². The van der Waals surface area contributed by atoms with Crippen LogP contribution in [0.4, 0.5) is 5.69 Å². The molecule has 1 saturated heterocycles. The second-order valence-electron chi connectivity index (χ2n) is 6.17. The molecule has 0 amide bonds. The number of nitrogens with one attached hydrogen (secondary N) is 1. The molecule has 0 radical (unpaired) electrons. The van der Waals surface area contributed by atoms with Crippen LogP contribution in [0.25, 0.3) is 0 Å². The van der Waals surface area contributed by atoms with E-state index in [0.29, 0.717) is 0 Å². The number of rotatable bonds is 7. The third-order valence-corrected chi connectivity index (χ3v) is 4.68. The summed E-state index contributed by atoms with van der Waals surface area (Å²) in [7, 11) is 0. The monoisotopic (exact) mass is 308 g/mol. The third-order valence-electron chi connectivity index (χ3n) is 4.44. The van der Waals surface area contributed by atoms with E-state index in [0.717, 1.165) is 24.0 Å². The van der Waals surface area contributed by atoms with Crippen LogP contribution in [0, 0.1) is 5.92 Å². The van der Waals surface area contributed by atoms with Crippen LogP contribution < -0.4 is 10.2 Å². The summed E-state index contributed by atoms with van der Waals surface area (Å²) in [5.41, 5.74) is 2.71. The van der Waals surface area contributed by atoms with Gasteiger partial charge in [-0.3, -0.25) is 0 Å². The summed E-state index contributed by atoms with van der Waals surface area (Å²) in [5, 5.41) is 4.36. The van der Waals surface area contributed by atoms with Crippen molar-refractivity contribution >= 4 is 17.3 Å². The van der Waals surface area contributed by atoms with Gasteiger partial charge in [-0.1, -0.05) is 44.4 Å². The number of hydrogen-bond donors (Lipinski definition) is 1. The molecule has 2 nitrogen and oxygen atoms in total. The highest BCUT2D eigenvalue weighted by atomic mass is 35.5. The maximum Gasteiger partial charge on any atom is 0.0426 e. The van der Waals surface area contributed by atoms with Crippen LogP contribution in [-0.4, -0.2) is 19.6 Å². The Bertz CT molecular complexity index is 425. The lowest BCUT2D eigenvalue weighted by Crippen LogP contribution is -2.34. The Morgan fingerprint density at radius 1 is 1.19 bits per heavy atom. The lowest BCUT2D eigenvalue weighted by atomic mass is 9.92. The Kier molecular flexibility index (Phi) is 6.85. The highest BCUT2D eigenvalue weighted by Gasteiger charge is 2.20. The molecular formula is C18H29ClN2. The van der Waals surface area contributed by atoms with Crippen LogP contribution in [-0.2, 0) is 6.54 Å². The van der Waals surface area contributed by atoms with Crippen molar-refractivity contribution in [2.24, 2.45) is 5.92 Å². The molecule has 0 aliphatic carbocycles. The fourth-order valence-corrected chi connectivity index (χ4v) is 3.42. The first-order valence-corrected chi connectivity index (χ1v) is 8.86. The number of halogens is 1. The molecular weight excluding hydrogens is 280 g/mol. The third kappa shape index (κ3) is 4.89. The van der Waals surface area contributed by atoms with Crippen molar-refractivity contribution in [3.8, 4) is 0 Å². The van der Waals surface area contributed by atoms with Crippen molar-refractivity contribution in [2.45, 2.75) is 52.5 Å². The SMILES string of the molecule is CCCNCc1ccc(Cl)cc1N1CCC(CCC)CC1. The van der Waals surface area contributed by atoms with Crippen LogP contribution in [0.1, 0.15) is 51.5 Å². The minimum absolute atomic E-state index is 0.847. The van der Waals surface area contributed by atoms with Crippen molar-refractivity contribution in [2.75, 3.05) is 24.5 Å². The highest BCUT2D eigenvalue weighted by Crippen LogP contribution is 2.30. The van der Waals surface area contributed by atoms with Gasteiger partial charge in [0, 0.05) is 30.3 Å². The molecule has 1 fully saturated rings. The fraction of sp³-hybridized carbons (Fsp3) is 0.667. The quantitative estimate of drug-likeness (QED) is 0.724. The van der Waals surface area contributed by atoms with Gasteiger partial charge in [-0.2, -0.15) is 0 Å². The smallest absolute Gasteiger partial charge is 0.0426 e. The van der Waals surface area contributed by atoms with E-state index in [1.165, 1.54) is 56.4 Å².